The van der Waals surface area contributed by atoms with Crippen molar-refractivity contribution >= 4 is 23.3 Å². The van der Waals surface area contributed by atoms with Crippen LogP contribution in [0.5, 0.6) is 0 Å². The number of fused-ring (bicyclic) bond motifs is 1. The average molecular weight is 198 g/mol. The van der Waals surface area contributed by atoms with Crippen LogP contribution >= 0.6 is 11.6 Å². The van der Waals surface area contributed by atoms with E-state index in [9.17, 15) is 4.79 Å². The molecule has 1 aromatic rings. The summed E-state index contributed by atoms with van der Waals surface area (Å²) in [6.07, 6.45) is 0.801. The van der Waals surface area contributed by atoms with Gasteiger partial charge in [0.15, 0.2) is 0 Å². The van der Waals surface area contributed by atoms with Crippen LogP contribution in [0.25, 0.3) is 0 Å². The third-order valence-corrected chi connectivity index (χ3v) is 2.52. The van der Waals surface area contributed by atoms with Crippen molar-refractivity contribution in [2.75, 3.05) is 11.9 Å². The Kier molecular flexibility index (Phi) is 1.88. The number of carboxylic acid groups (broad SMARTS) is 1. The van der Waals surface area contributed by atoms with E-state index in [-0.39, 0.29) is 0 Å². The molecule has 3 nitrogen and oxygen atoms in total. The monoisotopic (exact) mass is 197 g/mol. The molecule has 1 aromatic carbocycles. The molecule has 0 bridgehead atoms. The lowest BCUT2D eigenvalue weighted by Gasteiger charge is -2.05. The number of halogens is 1. The Morgan fingerprint density at radius 2 is 2.31 bits per heavy atom. The van der Waals surface area contributed by atoms with E-state index < -0.39 is 5.97 Å². The second-order valence-electron chi connectivity index (χ2n) is 2.93. The molecule has 0 saturated heterocycles. The van der Waals surface area contributed by atoms with Gasteiger partial charge in [-0.2, -0.15) is 0 Å². The molecule has 4 heteroatoms. The van der Waals surface area contributed by atoms with Gasteiger partial charge in [0.05, 0.1) is 11.3 Å². The highest BCUT2D eigenvalue weighted by molar-refractivity contribution is 6.32. The standard InChI is InChI=1S/C9H8ClNO2/c10-7-2-1-6(9(12)13)8-5(7)3-4-11-8/h1-2,11H,3-4H2,(H,12,13). The van der Waals surface area contributed by atoms with Gasteiger partial charge in [-0.05, 0) is 24.1 Å². The van der Waals surface area contributed by atoms with E-state index in [1.165, 1.54) is 6.07 Å². The molecule has 0 spiro atoms. The molecule has 1 aliphatic heterocycles. The average Bonchev–Trinajstić information content (AvgIpc) is 2.53. The molecule has 1 heterocycles. The van der Waals surface area contributed by atoms with Gasteiger partial charge in [-0.25, -0.2) is 4.79 Å². The number of carboxylic acids is 1. The third-order valence-electron chi connectivity index (χ3n) is 2.16. The van der Waals surface area contributed by atoms with Gasteiger partial charge in [0, 0.05) is 11.6 Å². The van der Waals surface area contributed by atoms with Crippen LogP contribution in [-0.4, -0.2) is 17.6 Å². The van der Waals surface area contributed by atoms with E-state index in [2.05, 4.69) is 5.32 Å². The summed E-state index contributed by atoms with van der Waals surface area (Å²) in [6, 6.07) is 3.17. The number of carbonyl (C=O) groups is 1. The van der Waals surface area contributed by atoms with Crippen LogP contribution in [0, 0.1) is 0 Å². The topological polar surface area (TPSA) is 49.3 Å². The molecule has 0 saturated carbocycles. The van der Waals surface area contributed by atoms with Crippen LogP contribution in [0.2, 0.25) is 5.02 Å². The fourth-order valence-electron chi connectivity index (χ4n) is 1.56. The van der Waals surface area contributed by atoms with Gasteiger partial charge in [0.2, 0.25) is 0 Å². The molecule has 0 amide bonds. The highest BCUT2D eigenvalue weighted by atomic mass is 35.5. The Labute approximate surface area is 80.3 Å². The van der Waals surface area contributed by atoms with Crippen molar-refractivity contribution < 1.29 is 9.90 Å². The van der Waals surface area contributed by atoms with E-state index in [4.69, 9.17) is 16.7 Å². The number of hydrogen-bond donors (Lipinski definition) is 2. The summed E-state index contributed by atoms with van der Waals surface area (Å²) in [6.45, 7) is 0.763. The lowest BCUT2D eigenvalue weighted by atomic mass is 10.1. The number of nitrogens with one attached hydrogen (secondary N) is 1. The molecular weight excluding hydrogens is 190 g/mol. The van der Waals surface area contributed by atoms with E-state index >= 15 is 0 Å². The van der Waals surface area contributed by atoms with Crippen molar-refractivity contribution in [2.24, 2.45) is 0 Å². The Morgan fingerprint density at radius 1 is 1.54 bits per heavy atom. The number of hydrogen-bond acceptors (Lipinski definition) is 2. The van der Waals surface area contributed by atoms with Crippen LogP contribution in [-0.2, 0) is 6.42 Å². The van der Waals surface area contributed by atoms with Crippen LogP contribution in [0.1, 0.15) is 15.9 Å². The van der Waals surface area contributed by atoms with E-state index in [1.54, 1.807) is 6.07 Å². The summed E-state index contributed by atoms with van der Waals surface area (Å²) in [5, 5.41) is 12.5. The van der Waals surface area contributed by atoms with Crippen molar-refractivity contribution in [1.29, 1.82) is 0 Å². The zero-order valence-electron chi connectivity index (χ0n) is 6.80. The summed E-state index contributed by atoms with van der Waals surface area (Å²) < 4.78 is 0. The van der Waals surface area contributed by atoms with Crippen molar-refractivity contribution in [3.05, 3.63) is 28.3 Å². The number of anilines is 1. The van der Waals surface area contributed by atoms with Gasteiger partial charge >= 0.3 is 5.97 Å². The lowest BCUT2D eigenvalue weighted by molar-refractivity contribution is 0.0698. The van der Waals surface area contributed by atoms with Crippen LogP contribution in [0.15, 0.2) is 12.1 Å². The fraction of sp³-hybridized carbons (Fsp3) is 0.222. The summed E-state index contributed by atoms with van der Waals surface area (Å²) in [5.74, 6) is -0.915. The number of benzene rings is 1. The molecule has 1 aliphatic rings. The summed E-state index contributed by atoms with van der Waals surface area (Å²) in [7, 11) is 0. The quantitative estimate of drug-likeness (QED) is 0.724. The smallest absolute Gasteiger partial charge is 0.337 e. The Hall–Kier alpha value is -1.22. The predicted octanol–water partition coefficient (Wildman–Crippen LogP) is 2.01. The molecule has 2 N–H and O–H groups in total. The van der Waals surface area contributed by atoms with Crippen molar-refractivity contribution in [3.8, 4) is 0 Å². The van der Waals surface area contributed by atoms with Gasteiger partial charge in [-0.3, -0.25) is 0 Å². The van der Waals surface area contributed by atoms with Crippen LogP contribution < -0.4 is 5.32 Å². The predicted molar refractivity (Wildman–Crippen MR) is 50.6 cm³/mol. The van der Waals surface area contributed by atoms with Gasteiger partial charge in [0.25, 0.3) is 0 Å². The van der Waals surface area contributed by atoms with Gasteiger partial charge in [-0.1, -0.05) is 11.6 Å². The highest BCUT2D eigenvalue weighted by Crippen LogP contribution is 2.32. The van der Waals surface area contributed by atoms with Crippen molar-refractivity contribution in [3.63, 3.8) is 0 Å². The summed E-state index contributed by atoms with van der Waals surface area (Å²) in [5.41, 5.74) is 1.90. The molecule has 0 aliphatic carbocycles. The maximum Gasteiger partial charge on any atom is 0.337 e. The Morgan fingerprint density at radius 3 is 3.00 bits per heavy atom. The second-order valence-corrected chi connectivity index (χ2v) is 3.34. The minimum atomic E-state index is -0.915. The molecule has 0 radical (unpaired) electrons. The van der Waals surface area contributed by atoms with Crippen molar-refractivity contribution in [1.82, 2.24) is 0 Å². The maximum atomic E-state index is 10.8. The molecular formula is C9H8ClNO2. The molecule has 0 aromatic heterocycles. The third kappa shape index (κ3) is 1.25. The van der Waals surface area contributed by atoms with E-state index in [1.807, 2.05) is 0 Å². The number of rotatable bonds is 1. The fourth-order valence-corrected chi connectivity index (χ4v) is 1.81. The zero-order valence-corrected chi connectivity index (χ0v) is 7.56. The first-order valence-electron chi connectivity index (χ1n) is 3.98. The highest BCUT2D eigenvalue weighted by Gasteiger charge is 2.20. The molecule has 0 atom stereocenters. The van der Waals surface area contributed by atoms with E-state index in [0.717, 1.165) is 18.5 Å². The second kappa shape index (κ2) is 2.92. The molecule has 0 fully saturated rings. The minimum absolute atomic E-state index is 0.303. The maximum absolute atomic E-state index is 10.8. The Balaban J connectivity index is 2.62. The van der Waals surface area contributed by atoms with Gasteiger partial charge < -0.3 is 10.4 Å². The largest absolute Gasteiger partial charge is 0.478 e. The Bertz CT molecular complexity index is 376. The molecule has 13 heavy (non-hydrogen) atoms. The van der Waals surface area contributed by atoms with Gasteiger partial charge in [-0.15, -0.1) is 0 Å². The lowest BCUT2D eigenvalue weighted by Crippen LogP contribution is -2.02. The SMILES string of the molecule is O=C(O)c1ccc(Cl)c2c1NCC2. The van der Waals surface area contributed by atoms with Crippen molar-refractivity contribution in [2.45, 2.75) is 6.42 Å². The zero-order chi connectivity index (χ0) is 9.42. The summed E-state index contributed by atoms with van der Waals surface area (Å²) >= 11 is 5.91. The first-order valence-corrected chi connectivity index (χ1v) is 4.36. The minimum Gasteiger partial charge on any atom is -0.478 e. The molecule has 0 unspecified atom stereocenters. The molecule has 68 valence electrons. The number of aromatic carboxylic acids is 1. The van der Waals surface area contributed by atoms with Gasteiger partial charge in [0.1, 0.15) is 0 Å². The van der Waals surface area contributed by atoms with Crippen LogP contribution in [0.4, 0.5) is 5.69 Å². The first-order chi connectivity index (χ1) is 6.20. The summed E-state index contributed by atoms with van der Waals surface area (Å²) in [4.78, 5) is 10.8. The van der Waals surface area contributed by atoms with E-state index in [0.29, 0.717) is 16.3 Å². The van der Waals surface area contributed by atoms with Crippen LogP contribution in [0.3, 0.4) is 0 Å². The first kappa shape index (κ1) is 8.38. The normalized spacial score (nSPS) is 13.6. The molecule has 2 rings (SSSR count).